The predicted octanol–water partition coefficient (Wildman–Crippen LogP) is 4.33. The number of hydrogen-bond acceptors (Lipinski definition) is 5. The second-order valence-corrected chi connectivity index (χ2v) is 11.3. The van der Waals surface area contributed by atoms with E-state index in [1.54, 1.807) is 0 Å². The number of nitrogens with zero attached hydrogens (tertiary/aromatic N) is 4. The Bertz CT molecular complexity index is 1260. The Labute approximate surface area is 236 Å². The van der Waals surface area contributed by atoms with Crippen molar-refractivity contribution in [1.82, 2.24) is 19.7 Å². The molecule has 7 heteroatoms. The third kappa shape index (κ3) is 5.67. The van der Waals surface area contributed by atoms with Gasteiger partial charge in [0.25, 0.3) is 5.91 Å². The Morgan fingerprint density at radius 1 is 0.700 bits per heavy atom. The lowest BCUT2D eigenvalue weighted by molar-refractivity contribution is -0.140. The molecule has 208 valence electrons. The van der Waals surface area contributed by atoms with Crippen LogP contribution in [0, 0.1) is 5.92 Å². The van der Waals surface area contributed by atoms with Crippen LogP contribution in [0.15, 0.2) is 72.8 Å². The molecule has 6 rings (SSSR count). The Hall–Kier alpha value is -3.55. The van der Waals surface area contributed by atoms with Crippen molar-refractivity contribution in [1.29, 1.82) is 0 Å². The van der Waals surface area contributed by atoms with Gasteiger partial charge in [-0.05, 0) is 44.2 Å². The zero-order chi connectivity index (χ0) is 27.5. The van der Waals surface area contributed by atoms with E-state index in [0.717, 1.165) is 80.8 Å². The van der Waals surface area contributed by atoms with E-state index in [1.165, 1.54) is 0 Å². The smallest absolute Gasteiger partial charge is 0.254 e. The number of piperazine rings is 1. The summed E-state index contributed by atoms with van der Waals surface area (Å²) in [6.07, 6.45) is 3.94. The zero-order valence-corrected chi connectivity index (χ0v) is 23.0. The van der Waals surface area contributed by atoms with Crippen LogP contribution in [0.3, 0.4) is 0 Å². The molecule has 0 radical (unpaired) electrons. The highest BCUT2D eigenvalue weighted by Crippen LogP contribution is 2.30. The summed E-state index contributed by atoms with van der Waals surface area (Å²) in [5.41, 5.74) is 4.26. The first-order valence-electron chi connectivity index (χ1n) is 14.7. The van der Waals surface area contributed by atoms with E-state index < -0.39 is 6.10 Å². The second kappa shape index (κ2) is 11.9. The van der Waals surface area contributed by atoms with Gasteiger partial charge in [-0.1, -0.05) is 60.7 Å². The van der Waals surface area contributed by atoms with Crippen LogP contribution in [-0.4, -0.2) is 88.0 Å². The summed E-state index contributed by atoms with van der Waals surface area (Å²) in [6.45, 7) is 4.58. The molecule has 1 saturated carbocycles. The molecule has 0 unspecified atom stereocenters. The van der Waals surface area contributed by atoms with Crippen LogP contribution >= 0.6 is 0 Å². The lowest BCUT2D eigenvalue weighted by atomic mass is 9.98. The summed E-state index contributed by atoms with van der Waals surface area (Å²) in [4.78, 5) is 37.9. The van der Waals surface area contributed by atoms with Crippen LogP contribution in [0.1, 0.15) is 42.5 Å². The van der Waals surface area contributed by atoms with Gasteiger partial charge in [0.05, 0.1) is 23.4 Å². The molecule has 3 heterocycles. The van der Waals surface area contributed by atoms with Gasteiger partial charge in [0, 0.05) is 62.0 Å². The number of aliphatic hydroxyl groups excluding tert-OH is 1. The van der Waals surface area contributed by atoms with Crippen molar-refractivity contribution in [2.45, 2.75) is 44.2 Å². The summed E-state index contributed by atoms with van der Waals surface area (Å²) in [5, 5.41) is 10.2. The number of benzene rings is 2. The van der Waals surface area contributed by atoms with Gasteiger partial charge in [0.1, 0.15) is 0 Å². The number of pyridine rings is 1. The lowest BCUT2D eigenvalue weighted by Gasteiger charge is -2.43. The molecule has 3 fully saturated rings. The van der Waals surface area contributed by atoms with Crippen molar-refractivity contribution in [2.75, 3.05) is 39.3 Å². The third-order valence-corrected chi connectivity index (χ3v) is 8.90. The number of amides is 2. The summed E-state index contributed by atoms with van der Waals surface area (Å²) in [6, 6.07) is 24.3. The van der Waals surface area contributed by atoms with E-state index in [0.29, 0.717) is 24.7 Å². The second-order valence-electron chi connectivity index (χ2n) is 11.3. The molecule has 1 N–H and O–H groups in total. The molecule has 2 aliphatic heterocycles. The van der Waals surface area contributed by atoms with Gasteiger partial charge in [-0.15, -0.1) is 0 Å². The highest BCUT2D eigenvalue weighted by molar-refractivity contribution is 5.96. The first-order chi connectivity index (χ1) is 19.6. The monoisotopic (exact) mass is 538 g/mol. The number of piperidine rings is 1. The molecule has 40 heavy (non-hydrogen) atoms. The molecule has 3 aliphatic rings. The predicted molar refractivity (Wildman–Crippen MR) is 156 cm³/mol. The SMILES string of the molecule is O=C(c1cc(-c2ccccc2)nc(-c2ccccc2)c1)N1CCN(C2CCN(C(=O)[C@@H]3CCC[C@@H]3O)CC2)CC1. The minimum absolute atomic E-state index is 0.0481. The van der Waals surface area contributed by atoms with Gasteiger partial charge >= 0.3 is 0 Å². The maximum atomic E-state index is 13.7. The van der Waals surface area contributed by atoms with E-state index in [-0.39, 0.29) is 17.7 Å². The third-order valence-electron chi connectivity index (χ3n) is 8.90. The average Bonchev–Trinajstić information content (AvgIpc) is 3.46. The standard InChI is InChI=1S/C33H38N4O3/c38-31-13-7-12-28(31)33(40)36-16-14-27(15-17-36)35-18-20-37(21-19-35)32(39)26-22-29(24-8-3-1-4-9-24)34-30(23-26)25-10-5-2-6-11-25/h1-6,8-11,22-23,27-28,31,38H,7,12-21H2/t28-,31+/m1/s1. The minimum atomic E-state index is -0.469. The number of carbonyl (C=O) groups is 2. The van der Waals surface area contributed by atoms with Gasteiger partial charge in [-0.2, -0.15) is 0 Å². The number of hydrogen-bond donors (Lipinski definition) is 1. The number of aromatic nitrogens is 1. The van der Waals surface area contributed by atoms with Crippen LogP contribution in [-0.2, 0) is 4.79 Å². The largest absolute Gasteiger partial charge is 0.392 e. The Balaban J connectivity index is 1.10. The Kier molecular flexibility index (Phi) is 7.93. The fraction of sp³-hybridized carbons (Fsp3) is 0.424. The van der Waals surface area contributed by atoms with Crippen molar-refractivity contribution < 1.29 is 14.7 Å². The normalized spacial score (nSPS) is 22.4. The minimum Gasteiger partial charge on any atom is -0.392 e. The molecule has 7 nitrogen and oxygen atoms in total. The number of likely N-dealkylation sites (tertiary alicyclic amines) is 1. The molecule has 1 aliphatic carbocycles. The fourth-order valence-electron chi connectivity index (χ4n) is 6.55. The maximum absolute atomic E-state index is 13.7. The molecular weight excluding hydrogens is 500 g/mol. The van der Waals surface area contributed by atoms with Crippen molar-refractivity contribution in [3.63, 3.8) is 0 Å². The molecule has 2 atom stereocenters. The molecule has 0 spiro atoms. The molecule has 3 aromatic rings. The molecule has 0 bridgehead atoms. The van der Waals surface area contributed by atoms with Crippen molar-refractivity contribution in [3.8, 4) is 22.5 Å². The first-order valence-corrected chi connectivity index (χ1v) is 14.7. The van der Waals surface area contributed by atoms with E-state index in [4.69, 9.17) is 4.98 Å². The maximum Gasteiger partial charge on any atom is 0.254 e. The van der Waals surface area contributed by atoms with Crippen LogP contribution < -0.4 is 0 Å². The summed E-state index contributed by atoms with van der Waals surface area (Å²) in [5.74, 6) is -0.0167. The van der Waals surface area contributed by atoms with Gasteiger partial charge in [0.15, 0.2) is 0 Å². The molecule has 2 aromatic carbocycles. The quantitative estimate of drug-likeness (QED) is 0.524. The van der Waals surface area contributed by atoms with E-state index >= 15 is 0 Å². The number of carbonyl (C=O) groups excluding carboxylic acids is 2. The Morgan fingerprint density at radius 2 is 1.27 bits per heavy atom. The van der Waals surface area contributed by atoms with Gasteiger partial charge < -0.3 is 14.9 Å². The molecular formula is C33H38N4O3. The Morgan fingerprint density at radius 3 is 1.80 bits per heavy atom. The van der Waals surface area contributed by atoms with Crippen LogP contribution in [0.4, 0.5) is 0 Å². The highest BCUT2D eigenvalue weighted by atomic mass is 16.3. The van der Waals surface area contributed by atoms with Crippen LogP contribution in [0.2, 0.25) is 0 Å². The van der Waals surface area contributed by atoms with Crippen molar-refractivity contribution in [2.24, 2.45) is 5.92 Å². The van der Waals surface area contributed by atoms with Crippen LogP contribution in [0.25, 0.3) is 22.5 Å². The van der Waals surface area contributed by atoms with Gasteiger partial charge in [0.2, 0.25) is 5.91 Å². The van der Waals surface area contributed by atoms with E-state index in [9.17, 15) is 14.7 Å². The lowest BCUT2D eigenvalue weighted by Crippen LogP contribution is -2.55. The van der Waals surface area contributed by atoms with Crippen molar-refractivity contribution in [3.05, 3.63) is 78.4 Å². The number of rotatable bonds is 5. The zero-order valence-electron chi connectivity index (χ0n) is 23.0. The summed E-state index contributed by atoms with van der Waals surface area (Å²) in [7, 11) is 0. The van der Waals surface area contributed by atoms with E-state index in [2.05, 4.69) is 4.90 Å². The fourth-order valence-corrected chi connectivity index (χ4v) is 6.55. The summed E-state index contributed by atoms with van der Waals surface area (Å²) < 4.78 is 0. The van der Waals surface area contributed by atoms with Gasteiger partial charge in [-0.25, -0.2) is 4.98 Å². The van der Waals surface area contributed by atoms with E-state index in [1.807, 2.05) is 82.6 Å². The number of aliphatic hydroxyl groups is 1. The molecule has 2 amide bonds. The van der Waals surface area contributed by atoms with Crippen molar-refractivity contribution >= 4 is 11.8 Å². The molecule has 2 saturated heterocycles. The van der Waals surface area contributed by atoms with Crippen LogP contribution in [0.5, 0.6) is 0 Å². The first kappa shape index (κ1) is 26.7. The van der Waals surface area contributed by atoms with Gasteiger partial charge in [-0.3, -0.25) is 14.5 Å². The molecule has 1 aromatic heterocycles. The topological polar surface area (TPSA) is 77.0 Å². The average molecular weight is 539 g/mol. The highest BCUT2D eigenvalue weighted by Gasteiger charge is 2.37. The summed E-state index contributed by atoms with van der Waals surface area (Å²) >= 11 is 0.